The maximum atomic E-state index is 11.8. The van der Waals surface area contributed by atoms with Crippen molar-refractivity contribution in [3.05, 3.63) is 24.0 Å². The number of carbonyl (C=O) groups excluding carboxylic acids is 1. The van der Waals surface area contributed by atoms with E-state index in [-0.39, 0.29) is 5.91 Å². The van der Waals surface area contributed by atoms with Crippen molar-refractivity contribution in [3.8, 4) is 6.07 Å². The van der Waals surface area contributed by atoms with Gasteiger partial charge in [0.25, 0.3) is 0 Å². The van der Waals surface area contributed by atoms with E-state index in [0.29, 0.717) is 18.8 Å². The van der Waals surface area contributed by atoms with Crippen molar-refractivity contribution in [2.75, 3.05) is 18.0 Å². The third kappa shape index (κ3) is 1.82. The Morgan fingerprint density at radius 1 is 1.59 bits per heavy atom. The molecule has 0 radical (unpaired) electrons. The van der Waals surface area contributed by atoms with Crippen LogP contribution in [0, 0.1) is 11.3 Å². The summed E-state index contributed by atoms with van der Waals surface area (Å²) in [5.41, 5.74) is 0.414. The van der Waals surface area contributed by atoms with Crippen LogP contribution < -0.4 is 10.2 Å². The van der Waals surface area contributed by atoms with Crippen LogP contribution in [0.5, 0.6) is 0 Å². The molecule has 0 unspecified atom stereocenters. The Morgan fingerprint density at radius 2 is 2.35 bits per heavy atom. The number of anilines is 1. The topological polar surface area (TPSA) is 69.0 Å². The van der Waals surface area contributed by atoms with Gasteiger partial charge in [0.1, 0.15) is 11.6 Å². The SMILES string of the molecule is CC1(C)C(=O)NCCN1c1cccnc1C#N. The molecule has 2 heterocycles. The molecule has 1 aromatic heterocycles. The van der Waals surface area contributed by atoms with Gasteiger partial charge in [-0.1, -0.05) is 0 Å². The van der Waals surface area contributed by atoms with Crippen LogP contribution in [0.15, 0.2) is 18.3 Å². The van der Waals surface area contributed by atoms with Gasteiger partial charge in [-0.2, -0.15) is 5.26 Å². The molecular weight excluding hydrogens is 216 g/mol. The fourth-order valence-electron chi connectivity index (χ4n) is 2.02. The molecule has 0 aromatic carbocycles. The number of pyridine rings is 1. The summed E-state index contributed by atoms with van der Waals surface area (Å²) in [6.07, 6.45) is 1.58. The summed E-state index contributed by atoms with van der Waals surface area (Å²) in [6.45, 7) is 4.95. The minimum Gasteiger partial charge on any atom is -0.353 e. The predicted molar refractivity (Wildman–Crippen MR) is 63.4 cm³/mol. The first-order valence-corrected chi connectivity index (χ1v) is 5.48. The van der Waals surface area contributed by atoms with Gasteiger partial charge in [0.15, 0.2) is 5.69 Å². The van der Waals surface area contributed by atoms with Crippen molar-refractivity contribution < 1.29 is 4.79 Å². The molecule has 5 heteroatoms. The second kappa shape index (κ2) is 4.06. The lowest BCUT2D eigenvalue weighted by Gasteiger charge is -2.42. The van der Waals surface area contributed by atoms with Crippen LogP contribution in [-0.4, -0.2) is 29.5 Å². The van der Waals surface area contributed by atoms with Gasteiger partial charge >= 0.3 is 0 Å². The van der Waals surface area contributed by atoms with Gasteiger partial charge in [0.2, 0.25) is 5.91 Å². The quantitative estimate of drug-likeness (QED) is 0.769. The molecule has 1 N–H and O–H groups in total. The molecule has 0 aliphatic carbocycles. The van der Waals surface area contributed by atoms with Crippen LogP contribution in [0.4, 0.5) is 5.69 Å². The van der Waals surface area contributed by atoms with E-state index in [1.54, 1.807) is 12.3 Å². The molecule has 5 nitrogen and oxygen atoms in total. The standard InChI is InChI=1S/C12H14N4O/c1-12(2)11(17)15-6-7-16(12)10-4-3-5-14-9(10)8-13/h3-5H,6-7H2,1-2H3,(H,15,17). The van der Waals surface area contributed by atoms with E-state index in [0.717, 1.165) is 5.69 Å². The molecule has 0 atom stereocenters. The fraction of sp³-hybridized carbons (Fsp3) is 0.417. The highest BCUT2D eigenvalue weighted by atomic mass is 16.2. The summed E-state index contributed by atoms with van der Waals surface area (Å²) in [5.74, 6) is -0.0310. The Bertz CT molecular complexity index is 490. The normalized spacial score (nSPS) is 18.4. The maximum absolute atomic E-state index is 11.8. The smallest absolute Gasteiger partial charge is 0.245 e. The number of nitriles is 1. The van der Waals surface area contributed by atoms with Gasteiger partial charge in [-0.15, -0.1) is 0 Å². The highest BCUT2D eigenvalue weighted by molar-refractivity contribution is 5.90. The van der Waals surface area contributed by atoms with Gasteiger partial charge in [0.05, 0.1) is 5.69 Å². The van der Waals surface area contributed by atoms with Crippen LogP contribution in [-0.2, 0) is 4.79 Å². The zero-order valence-corrected chi connectivity index (χ0v) is 9.90. The first-order chi connectivity index (χ1) is 8.07. The summed E-state index contributed by atoms with van der Waals surface area (Å²) in [4.78, 5) is 17.8. The van der Waals surface area contributed by atoms with Crippen molar-refractivity contribution >= 4 is 11.6 Å². The number of piperazine rings is 1. The minimum atomic E-state index is -0.660. The predicted octanol–water partition coefficient (Wildman–Crippen LogP) is 0.668. The number of carbonyl (C=O) groups is 1. The maximum Gasteiger partial charge on any atom is 0.245 e. The third-order valence-corrected chi connectivity index (χ3v) is 3.03. The molecule has 17 heavy (non-hydrogen) atoms. The monoisotopic (exact) mass is 230 g/mol. The van der Waals surface area contributed by atoms with Crippen LogP contribution in [0.2, 0.25) is 0 Å². The lowest BCUT2D eigenvalue weighted by molar-refractivity contribution is -0.126. The van der Waals surface area contributed by atoms with Crippen LogP contribution in [0.3, 0.4) is 0 Å². The number of nitrogens with one attached hydrogen (secondary N) is 1. The second-order valence-corrected chi connectivity index (χ2v) is 4.45. The van der Waals surface area contributed by atoms with Crippen LogP contribution >= 0.6 is 0 Å². The van der Waals surface area contributed by atoms with Crippen molar-refractivity contribution in [2.24, 2.45) is 0 Å². The summed E-state index contributed by atoms with van der Waals surface area (Å²) < 4.78 is 0. The van der Waals surface area contributed by atoms with Gasteiger partial charge in [-0.3, -0.25) is 4.79 Å². The number of rotatable bonds is 1. The highest BCUT2D eigenvalue weighted by Gasteiger charge is 2.38. The lowest BCUT2D eigenvalue weighted by Crippen LogP contribution is -2.62. The molecule has 1 aliphatic heterocycles. The number of hydrogen-bond donors (Lipinski definition) is 1. The first-order valence-electron chi connectivity index (χ1n) is 5.48. The second-order valence-electron chi connectivity index (χ2n) is 4.45. The van der Waals surface area contributed by atoms with Crippen LogP contribution in [0.1, 0.15) is 19.5 Å². The Hall–Kier alpha value is -2.09. The molecule has 88 valence electrons. The van der Waals surface area contributed by atoms with E-state index in [4.69, 9.17) is 5.26 Å². The van der Waals surface area contributed by atoms with Crippen molar-refractivity contribution in [1.29, 1.82) is 5.26 Å². The Labute approximate surface area is 100 Å². The number of amides is 1. The number of aromatic nitrogens is 1. The van der Waals surface area contributed by atoms with Gasteiger partial charge in [-0.25, -0.2) is 4.98 Å². The molecule has 0 saturated carbocycles. The largest absolute Gasteiger partial charge is 0.353 e. The average molecular weight is 230 g/mol. The zero-order valence-electron chi connectivity index (χ0n) is 9.90. The first kappa shape index (κ1) is 11.4. The third-order valence-electron chi connectivity index (χ3n) is 3.03. The molecule has 0 spiro atoms. The summed E-state index contributed by atoms with van der Waals surface area (Å²) in [7, 11) is 0. The lowest BCUT2D eigenvalue weighted by atomic mass is 9.97. The molecule has 2 rings (SSSR count). The Balaban J connectivity index is 2.46. The highest BCUT2D eigenvalue weighted by Crippen LogP contribution is 2.27. The molecule has 1 aliphatic rings. The van der Waals surface area contributed by atoms with E-state index in [1.165, 1.54) is 0 Å². The fourth-order valence-corrected chi connectivity index (χ4v) is 2.02. The van der Waals surface area contributed by atoms with E-state index < -0.39 is 5.54 Å². The molecule has 1 fully saturated rings. The summed E-state index contributed by atoms with van der Waals surface area (Å²) >= 11 is 0. The van der Waals surface area contributed by atoms with Gasteiger partial charge < -0.3 is 10.2 Å². The van der Waals surface area contributed by atoms with Gasteiger partial charge in [-0.05, 0) is 26.0 Å². The van der Waals surface area contributed by atoms with E-state index in [9.17, 15) is 4.79 Å². The molecule has 1 aromatic rings. The molecular formula is C12H14N4O. The van der Waals surface area contributed by atoms with Crippen molar-refractivity contribution in [3.63, 3.8) is 0 Å². The van der Waals surface area contributed by atoms with E-state index in [2.05, 4.69) is 16.4 Å². The number of hydrogen-bond acceptors (Lipinski definition) is 4. The summed E-state index contributed by atoms with van der Waals surface area (Å²) in [6, 6.07) is 5.66. The van der Waals surface area contributed by atoms with E-state index >= 15 is 0 Å². The molecule has 1 amide bonds. The average Bonchev–Trinajstić information content (AvgIpc) is 2.33. The van der Waals surface area contributed by atoms with Crippen molar-refractivity contribution in [2.45, 2.75) is 19.4 Å². The van der Waals surface area contributed by atoms with Crippen molar-refractivity contribution in [1.82, 2.24) is 10.3 Å². The zero-order chi connectivity index (χ0) is 12.5. The molecule has 1 saturated heterocycles. The molecule has 0 bridgehead atoms. The summed E-state index contributed by atoms with van der Waals surface area (Å²) in [5, 5.41) is 11.9. The van der Waals surface area contributed by atoms with Crippen LogP contribution in [0.25, 0.3) is 0 Å². The Morgan fingerprint density at radius 3 is 3.06 bits per heavy atom. The number of nitrogens with zero attached hydrogens (tertiary/aromatic N) is 3. The van der Waals surface area contributed by atoms with E-state index in [1.807, 2.05) is 24.8 Å². The Kier molecular flexibility index (Phi) is 2.72. The minimum absolute atomic E-state index is 0.0310. The van der Waals surface area contributed by atoms with Gasteiger partial charge in [0, 0.05) is 19.3 Å².